The molecule has 1 fully saturated rings. The van der Waals surface area contributed by atoms with Crippen LogP contribution in [0.4, 0.5) is 30.2 Å². The number of hydrogen-bond acceptors (Lipinski definition) is 8. The van der Waals surface area contributed by atoms with Gasteiger partial charge in [0.05, 0.1) is 32.8 Å². The molecule has 4 aromatic rings. The highest BCUT2D eigenvalue weighted by molar-refractivity contribution is 9.10. The number of non-ortho nitro benzene ring substituents is 1. The molecule has 3 amide bonds. The van der Waals surface area contributed by atoms with Gasteiger partial charge >= 0.3 is 11.0 Å². The zero-order valence-electron chi connectivity index (χ0n) is 22.5. The number of nitro groups is 1. The molecule has 3 atom stereocenters. The molecule has 0 radical (unpaired) electrons. The molecule has 2 aliphatic rings. The molecule has 1 aromatic heterocycles. The summed E-state index contributed by atoms with van der Waals surface area (Å²) < 4.78 is 42.3. The number of para-hydroxylation sites is 1. The molecule has 45 heavy (non-hydrogen) atoms. The summed E-state index contributed by atoms with van der Waals surface area (Å²) in [6.45, 7) is -0.638. The minimum Gasteiger partial charge on any atom is -0.324 e. The number of benzene rings is 3. The quantitative estimate of drug-likeness (QED) is 0.146. The van der Waals surface area contributed by atoms with Gasteiger partial charge in [-0.05, 0) is 42.0 Å². The fourth-order valence-corrected chi connectivity index (χ4v) is 8.66. The lowest BCUT2D eigenvalue weighted by atomic mass is 9.83. The van der Waals surface area contributed by atoms with E-state index in [0.29, 0.717) is 14.9 Å². The van der Waals surface area contributed by atoms with Crippen molar-refractivity contribution in [3.63, 3.8) is 0 Å². The molecule has 230 valence electrons. The van der Waals surface area contributed by atoms with Gasteiger partial charge in [0.15, 0.2) is 0 Å². The van der Waals surface area contributed by atoms with Crippen LogP contribution in [0.15, 0.2) is 87.1 Å². The van der Waals surface area contributed by atoms with Gasteiger partial charge in [0.2, 0.25) is 17.7 Å². The maximum atomic E-state index is 13.9. The Bertz CT molecular complexity index is 1950. The Labute approximate surface area is 268 Å². The number of carbonyl (C=O) groups is 3. The number of nitrogens with one attached hydrogen (secondary N) is 1. The first kappa shape index (κ1) is 30.7. The van der Waals surface area contributed by atoms with Crippen molar-refractivity contribution in [2.45, 2.75) is 28.9 Å². The van der Waals surface area contributed by atoms with Gasteiger partial charge in [-0.2, -0.15) is 13.2 Å². The van der Waals surface area contributed by atoms with Gasteiger partial charge in [0, 0.05) is 27.4 Å². The van der Waals surface area contributed by atoms with Crippen LogP contribution < -0.4 is 15.1 Å². The standard InChI is InChI=1S/C29H18BrF3N4O6S2/c30-15-5-3-4-14(12-15)21-22-23(26(40)36(25(22)39)16-8-10-17(11-9-16)37(42)43)44-27-24(21)45-28(41)35(27)13-20(38)34-19-7-2-1-6-18(19)29(31,32)33/h1-12,21-23H,13H2,(H,34,38)/t21-,22?,23?/m1/s1. The third-order valence-corrected chi connectivity index (χ3v) is 10.5. The van der Waals surface area contributed by atoms with E-state index in [2.05, 4.69) is 21.2 Å². The second-order valence-corrected chi connectivity index (χ2v) is 13.1. The lowest BCUT2D eigenvalue weighted by Crippen LogP contribution is -2.33. The molecule has 10 nitrogen and oxygen atoms in total. The van der Waals surface area contributed by atoms with Crippen molar-refractivity contribution in [2.75, 3.05) is 10.2 Å². The van der Waals surface area contributed by atoms with Gasteiger partial charge in [-0.1, -0.05) is 63.3 Å². The Morgan fingerprint density at radius 1 is 1.00 bits per heavy atom. The van der Waals surface area contributed by atoms with Crippen LogP contribution >= 0.6 is 39.0 Å². The predicted molar refractivity (Wildman–Crippen MR) is 163 cm³/mol. The van der Waals surface area contributed by atoms with E-state index in [1.807, 2.05) is 0 Å². The molecule has 3 heterocycles. The molecule has 2 aliphatic heterocycles. The number of anilines is 2. The Balaban J connectivity index is 1.39. The lowest BCUT2D eigenvalue weighted by Gasteiger charge is -2.30. The van der Waals surface area contributed by atoms with Crippen LogP contribution in [0.25, 0.3) is 0 Å². The average molecular weight is 720 g/mol. The molecule has 3 aromatic carbocycles. The third-order valence-electron chi connectivity index (χ3n) is 7.38. The van der Waals surface area contributed by atoms with Gasteiger partial charge in [-0.15, -0.1) is 0 Å². The monoisotopic (exact) mass is 718 g/mol. The number of rotatable bonds is 6. The number of thioether (sulfide) groups is 1. The number of halogens is 4. The van der Waals surface area contributed by atoms with Crippen LogP contribution in [-0.2, 0) is 27.1 Å². The van der Waals surface area contributed by atoms with Crippen molar-refractivity contribution in [2.24, 2.45) is 5.92 Å². The highest BCUT2D eigenvalue weighted by atomic mass is 79.9. The highest BCUT2D eigenvalue weighted by Crippen LogP contribution is 2.54. The molecular weight excluding hydrogens is 701 g/mol. The van der Waals surface area contributed by atoms with Crippen molar-refractivity contribution in [3.8, 4) is 0 Å². The largest absolute Gasteiger partial charge is 0.418 e. The summed E-state index contributed by atoms with van der Waals surface area (Å²) in [5.41, 5.74) is -0.987. The van der Waals surface area contributed by atoms with Gasteiger partial charge in [-0.25, -0.2) is 4.90 Å². The summed E-state index contributed by atoms with van der Waals surface area (Å²) >= 11 is 5.14. The maximum absolute atomic E-state index is 13.9. The summed E-state index contributed by atoms with van der Waals surface area (Å²) in [5, 5.41) is 12.6. The lowest BCUT2D eigenvalue weighted by molar-refractivity contribution is -0.384. The summed E-state index contributed by atoms with van der Waals surface area (Å²) in [4.78, 5) is 65.4. The highest BCUT2D eigenvalue weighted by Gasteiger charge is 2.57. The number of fused-ring (bicyclic) bond motifs is 2. The average Bonchev–Trinajstić information content (AvgIpc) is 3.43. The Hall–Kier alpha value is -4.28. The first-order valence-electron chi connectivity index (χ1n) is 13.1. The van der Waals surface area contributed by atoms with Crippen molar-refractivity contribution < 1.29 is 32.5 Å². The molecule has 6 rings (SSSR count). The SMILES string of the molecule is O=C(Cn1c2c(sc1=O)[C@H](c1cccc(Br)c1)C1C(=O)N(c3ccc([N+](=O)[O-])cc3)C(=O)C1S2)Nc1ccccc1C(F)(F)F. The molecule has 2 unspecified atom stereocenters. The molecule has 0 aliphatic carbocycles. The topological polar surface area (TPSA) is 132 Å². The number of alkyl halides is 3. The van der Waals surface area contributed by atoms with E-state index in [-0.39, 0.29) is 16.4 Å². The van der Waals surface area contributed by atoms with Crippen molar-refractivity contribution in [1.29, 1.82) is 0 Å². The van der Waals surface area contributed by atoms with Crippen LogP contribution in [0.1, 0.15) is 21.9 Å². The number of hydrogen-bond donors (Lipinski definition) is 1. The van der Waals surface area contributed by atoms with Crippen LogP contribution in [-0.4, -0.2) is 32.5 Å². The van der Waals surface area contributed by atoms with Crippen molar-refractivity contribution in [3.05, 3.63) is 113 Å². The first-order chi connectivity index (χ1) is 21.3. The summed E-state index contributed by atoms with van der Waals surface area (Å²) in [5.74, 6) is -3.80. The van der Waals surface area contributed by atoms with Gasteiger partial charge in [0.25, 0.3) is 5.69 Å². The number of nitrogens with zero attached hydrogens (tertiary/aromatic N) is 3. The Morgan fingerprint density at radius 3 is 2.38 bits per heavy atom. The van der Waals surface area contributed by atoms with E-state index in [1.165, 1.54) is 36.4 Å². The van der Waals surface area contributed by atoms with Gasteiger partial charge in [-0.3, -0.25) is 33.9 Å². The summed E-state index contributed by atoms with van der Waals surface area (Å²) in [6, 6.07) is 16.4. The smallest absolute Gasteiger partial charge is 0.324 e. The molecule has 16 heteroatoms. The van der Waals surface area contributed by atoms with E-state index in [0.717, 1.165) is 44.7 Å². The second kappa shape index (κ2) is 11.6. The molecular formula is C29H18BrF3N4O6S2. The van der Waals surface area contributed by atoms with Crippen molar-refractivity contribution >= 4 is 73.8 Å². The minimum absolute atomic E-state index is 0.141. The van der Waals surface area contributed by atoms with Crippen molar-refractivity contribution in [1.82, 2.24) is 4.57 Å². The van der Waals surface area contributed by atoms with Crippen LogP contribution in [0.3, 0.4) is 0 Å². The van der Waals surface area contributed by atoms with Gasteiger partial charge in [0.1, 0.15) is 11.8 Å². The summed E-state index contributed by atoms with van der Waals surface area (Å²) in [6.07, 6.45) is -4.73. The molecule has 0 bridgehead atoms. The van der Waals surface area contributed by atoms with Gasteiger partial charge < -0.3 is 5.32 Å². The number of amides is 3. The number of imide groups is 1. The van der Waals surface area contributed by atoms with E-state index < -0.39 is 68.6 Å². The van der Waals surface area contributed by atoms with Crippen LogP contribution in [0, 0.1) is 16.0 Å². The maximum Gasteiger partial charge on any atom is 0.418 e. The normalized spacial score (nSPS) is 19.3. The van der Waals surface area contributed by atoms with E-state index in [4.69, 9.17) is 0 Å². The minimum atomic E-state index is -4.73. The zero-order chi connectivity index (χ0) is 32.2. The first-order valence-corrected chi connectivity index (χ1v) is 15.6. The predicted octanol–water partition coefficient (Wildman–Crippen LogP) is 6.03. The molecule has 0 spiro atoms. The fourth-order valence-electron chi connectivity index (χ4n) is 5.47. The van der Waals surface area contributed by atoms with Crippen LogP contribution in [0.2, 0.25) is 0 Å². The third kappa shape index (κ3) is 5.57. The number of nitro benzene ring substituents is 1. The molecule has 1 N–H and O–H groups in total. The van der Waals surface area contributed by atoms with E-state index >= 15 is 0 Å². The second-order valence-electron chi connectivity index (χ2n) is 10.1. The van der Waals surface area contributed by atoms with E-state index in [9.17, 15) is 42.5 Å². The molecule has 0 saturated carbocycles. The zero-order valence-corrected chi connectivity index (χ0v) is 25.7. The number of carbonyl (C=O) groups excluding carboxylic acids is 3. The number of aromatic nitrogens is 1. The Kier molecular flexibility index (Phi) is 7.91. The summed E-state index contributed by atoms with van der Waals surface area (Å²) in [7, 11) is 0. The molecule has 1 saturated heterocycles. The van der Waals surface area contributed by atoms with E-state index in [1.54, 1.807) is 24.3 Å². The Morgan fingerprint density at radius 2 is 1.71 bits per heavy atom. The van der Waals surface area contributed by atoms with Crippen LogP contribution in [0.5, 0.6) is 0 Å². The number of thiazole rings is 1. The fraction of sp³-hybridized carbons (Fsp3) is 0.172.